The molecule has 1 aliphatic rings. The van der Waals surface area contributed by atoms with Crippen LogP contribution in [0.3, 0.4) is 0 Å². The summed E-state index contributed by atoms with van der Waals surface area (Å²) >= 11 is 0. The quantitative estimate of drug-likeness (QED) is 0.681. The highest BCUT2D eigenvalue weighted by Crippen LogP contribution is 2.25. The first-order valence-corrected chi connectivity index (χ1v) is 3.94. The number of alkyl halides is 3. The molecule has 3 nitrogen and oxygen atoms in total. The molecule has 1 heterocycles. The van der Waals surface area contributed by atoms with Gasteiger partial charge in [0.05, 0.1) is 11.3 Å². The summed E-state index contributed by atoms with van der Waals surface area (Å²) in [6.45, 7) is 3.34. The van der Waals surface area contributed by atoms with Crippen LogP contribution in [0.1, 0.15) is 0 Å². The van der Waals surface area contributed by atoms with E-state index in [1.807, 2.05) is 0 Å². The average molecular weight is 215 g/mol. The summed E-state index contributed by atoms with van der Waals surface area (Å²) in [6.07, 6.45) is -0.373. The van der Waals surface area contributed by atoms with E-state index in [1.54, 1.807) is 0 Å². The van der Waals surface area contributed by atoms with Crippen molar-refractivity contribution in [1.82, 2.24) is 5.32 Å². The van der Waals surface area contributed by atoms with Crippen molar-refractivity contribution in [3.8, 4) is 0 Å². The number of hydrogen-bond acceptors (Lipinski definition) is 3. The predicted molar refractivity (Wildman–Crippen MR) is 51.8 cm³/mol. The van der Waals surface area contributed by atoms with E-state index >= 15 is 0 Å². The van der Waals surface area contributed by atoms with E-state index in [-0.39, 0.29) is 11.5 Å². The predicted octanol–water partition coefficient (Wildman–Crippen LogP) is 2.15. The molecular formula is C9H8F3N3. The molecule has 0 atom stereocenters. The second kappa shape index (κ2) is 4.12. The van der Waals surface area contributed by atoms with E-state index in [0.717, 1.165) is 6.20 Å². The van der Waals surface area contributed by atoms with Crippen molar-refractivity contribution >= 4 is 11.9 Å². The number of nitrogens with one attached hydrogen (secondary N) is 2. The van der Waals surface area contributed by atoms with Crippen LogP contribution in [0, 0.1) is 5.41 Å². The van der Waals surface area contributed by atoms with Crippen LogP contribution in [0.4, 0.5) is 13.2 Å². The van der Waals surface area contributed by atoms with Gasteiger partial charge in [-0.1, -0.05) is 6.58 Å². The highest BCUT2D eigenvalue weighted by atomic mass is 19.4. The van der Waals surface area contributed by atoms with Crippen LogP contribution >= 0.6 is 0 Å². The smallest absolute Gasteiger partial charge is 0.346 e. The Balaban J connectivity index is 2.77. The Morgan fingerprint density at radius 1 is 1.53 bits per heavy atom. The Morgan fingerprint density at radius 3 is 2.60 bits per heavy atom. The molecule has 0 fully saturated rings. The van der Waals surface area contributed by atoms with Crippen LogP contribution in [-0.2, 0) is 0 Å². The third kappa shape index (κ3) is 3.08. The van der Waals surface area contributed by atoms with Gasteiger partial charge < -0.3 is 10.7 Å². The molecule has 0 aromatic heterocycles. The molecule has 0 saturated heterocycles. The van der Waals surface area contributed by atoms with E-state index in [9.17, 15) is 13.2 Å². The molecule has 1 rings (SSSR count). The Labute approximate surface area is 84.2 Å². The lowest BCUT2D eigenvalue weighted by Crippen LogP contribution is -2.20. The maximum absolute atomic E-state index is 12.1. The molecule has 0 unspecified atom stereocenters. The summed E-state index contributed by atoms with van der Waals surface area (Å²) in [5.74, 6) is 0.174. The third-order valence-electron chi connectivity index (χ3n) is 1.56. The first-order valence-electron chi connectivity index (χ1n) is 3.94. The second-order valence-corrected chi connectivity index (χ2v) is 2.69. The maximum atomic E-state index is 12.1. The van der Waals surface area contributed by atoms with Gasteiger partial charge in [0.15, 0.2) is 0 Å². The number of nitrogens with zero attached hydrogens (tertiary/aromatic N) is 1. The standard InChI is InChI=1S/C9H8F3N3/c1-2-7(13)3-8-14-4-6(5-15-8)9(10,11)12/h2-5,13-14H,1H2/b8-3+,13-7?. The van der Waals surface area contributed by atoms with Gasteiger partial charge in [0.2, 0.25) is 0 Å². The molecule has 0 aromatic carbocycles. The number of allylic oxidation sites excluding steroid dienone is 3. The normalized spacial score (nSPS) is 18.3. The van der Waals surface area contributed by atoms with Crippen LogP contribution in [0.15, 0.2) is 41.3 Å². The summed E-state index contributed by atoms with van der Waals surface area (Å²) in [7, 11) is 0. The Morgan fingerprint density at radius 2 is 2.20 bits per heavy atom. The van der Waals surface area contributed by atoms with Gasteiger partial charge in [-0.25, -0.2) is 4.99 Å². The van der Waals surface area contributed by atoms with Crippen LogP contribution in [0.2, 0.25) is 0 Å². The first-order chi connectivity index (χ1) is 6.93. The van der Waals surface area contributed by atoms with Gasteiger partial charge in [-0.2, -0.15) is 13.2 Å². The average Bonchev–Trinajstić information content (AvgIpc) is 2.17. The van der Waals surface area contributed by atoms with Gasteiger partial charge in [0.25, 0.3) is 0 Å². The molecule has 0 amide bonds. The zero-order chi connectivity index (χ0) is 11.5. The SMILES string of the molecule is C=CC(=N)/C=C1/N=CC(C(F)(F)F)=CN1. The molecule has 0 saturated carbocycles. The summed E-state index contributed by atoms with van der Waals surface area (Å²) in [5, 5.41) is 9.53. The summed E-state index contributed by atoms with van der Waals surface area (Å²) in [5.41, 5.74) is -0.789. The molecule has 2 N–H and O–H groups in total. The Hall–Kier alpha value is -1.85. The third-order valence-corrected chi connectivity index (χ3v) is 1.56. The second-order valence-electron chi connectivity index (χ2n) is 2.69. The van der Waals surface area contributed by atoms with Crippen molar-refractivity contribution < 1.29 is 13.2 Å². The summed E-state index contributed by atoms with van der Waals surface area (Å²) < 4.78 is 36.4. The van der Waals surface area contributed by atoms with E-state index in [4.69, 9.17) is 5.41 Å². The van der Waals surface area contributed by atoms with Crippen molar-refractivity contribution in [2.24, 2.45) is 4.99 Å². The molecule has 0 bridgehead atoms. The lowest BCUT2D eigenvalue weighted by atomic mass is 10.2. The van der Waals surface area contributed by atoms with Crippen LogP contribution in [0.25, 0.3) is 0 Å². The molecule has 1 aliphatic heterocycles. The van der Waals surface area contributed by atoms with Gasteiger partial charge >= 0.3 is 6.18 Å². The fourth-order valence-electron chi connectivity index (χ4n) is 0.805. The van der Waals surface area contributed by atoms with Gasteiger partial charge in [-0.15, -0.1) is 0 Å². The Kier molecular flexibility index (Phi) is 3.08. The lowest BCUT2D eigenvalue weighted by Gasteiger charge is -2.12. The van der Waals surface area contributed by atoms with Crippen LogP contribution in [-0.4, -0.2) is 18.1 Å². The highest BCUT2D eigenvalue weighted by Gasteiger charge is 2.33. The van der Waals surface area contributed by atoms with E-state index < -0.39 is 11.7 Å². The van der Waals surface area contributed by atoms with Crippen molar-refractivity contribution in [1.29, 1.82) is 5.41 Å². The van der Waals surface area contributed by atoms with Crippen LogP contribution < -0.4 is 5.32 Å². The maximum Gasteiger partial charge on any atom is 0.419 e. The summed E-state index contributed by atoms with van der Waals surface area (Å²) in [4.78, 5) is 3.51. The number of aliphatic imine (C=N–C) groups is 1. The molecule has 0 radical (unpaired) electrons. The lowest BCUT2D eigenvalue weighted by molar-refractivity contribution is -0.0860. The van der Waals surface area contributed by atoms with Crippen molar-refractivity contribution in [3.05, 3.63) is 36.3 Å². The van der Waals surface area contributed by atoms with Crippen molar-refractivity contribution in [2.45, 2.75) is 6.18 Å². The molecule has 15 heavy (non-hydrogen) atoms. The largest absolute Gasteiger partial charge is 0.419 e. The monoisotopic (exact) mass is 215 g/mol. The molecule has 0 aliphatic carbocycles. The van der Waals surface area contributed by atoms with Crippen LogP contribution in [0.5, 0.6) is 0 Å². The van der Waals surface area contributed by atoms with Gasteiger partial charge in [-0.3, -0.25) is 0 Å². The highest BCUT2D eigenvalue weighted by molar-refractivity contribution is 6.01. The van der Waals surface area contributed by atoms with Crippen molar-refractivity contribution in [2.75, 3.05) is 0 Å². The first kappa shape index (κ1) is 11.2. The van der Waals surface area contributed by atoms with Gasteiger partial charge in [0.1, 0.15) is 5.82 Å². The van der Waals surface area contributed by atoms with Crippen molar-refractivity contribution in [3.63, 3.8) is 0 Å². The number of rotatable bonds is 2. The van der Waals surface area contributed by atoms with E-state index in [0.29, 0.717) is 6.21 Å². The zero-order valence-corrected chi connectivity index (χ0v) is 7.60. The minimum Gasteiger partial charge on any atom is -0.346 e. The number of halogens is 3. The van der Waals surface area contributed by atoms with E-state index in [2.05, 4.69) is 16.9 Å². The minimum absolute atomic E-state index is 0.0681. The molecule has 0 aromatic rings. The number of hydrogen-bond donors (Lipinski definition) is 2. The zero-order valence-electron chi connectivity index (χ0n) is 7.60. The summed E-state index contributed by atoms with van der Waals surface area (Å²) in [6, 6.07) is 0. The molecule has 0 spiro atoms. The topological polar surface area (TPSA) is 48.2 Å². The van der Waals surface area contributed by atoms with E-state index in [1.165, 1.54) is 12.2 Å². The fourth-order valence-corrected chi connectivity index (χ4v) is 0.805. The Bertz CT molecular complexity index is 375. The van der Waals surface area contributed by atoms with Gasteiger partial charge in [0, 0.05) is 18.5 Å². The molecule has 6 heteroatoms. The minimum atomic E-state index is -4.41. The fraction of sp³-hybridized carbons (Fsp3) is 0.111. The molecule has 80 valence electrons. The molecular weight excluding hydrogens is 207 g/mol. The van der Waals surface area contributed by atoms with Gasteiger partial charge in [-0.05, 0) is 6.08 Å².